The van der Waals surface area contributed by atoms with Crippen LogP contribution >= 0.6 is 0 Å². The first-order valence-corrected chi connectivity index (χ1v) is 6.80. The van der Waals surface area contributed by atoms with E-state index in [1.165, 1.54) is 35.3 Å². The molecule has 0 aliphatic carbocycles. The molecule has 3 nitrogen and oxygen atoms in total. The molecule has 0 amide bonds. The van der Waals surface area contributed by atoms with Crippen LogP contribution < -0.4 is 10.2 Å². The van der Waals surface area contributed by atoms with Gasteiger partial charge in [0, 0.05) is 43.9 Å². The van der Waals surface area contributed by atoms with Gasteiger partial charge in [-0.3, -0.25) is 4.98 Å². The lowest BCUT2D eigenvalue weighted by Crippen LogP contribution is -2.24. The van der Waals surface area contributed by atoms with Gasteiger partial charge in [0.2, 0.25) is 0 Å². The van der Waals surface area contributed by atoms with Crippen molar-refractivity contribution in [1.82, 2.24) is 4.98 Å². The van der Waals surface area contributed by atoms with Crippen molar-refractivity contribution >= 4 is 11.4 Å². The molecule has 1 N–H and O–H groups in total. The first-order chi connectivity index (χ1) is 9.33. The molecule has 3 rings (SSSR count). The van der Waals surface area contributed by atoms with Crippen LogP contribution in [-0.4, -0.2) is 18.6 Å². The van der Waals surface area contributed by atoms with Crippen LogP contribution in [0.25, 0.3) is 0 Å². The van der Waals surface area contributed by atoms with Gasteiger partial charge in [-0.25, -0.2) is 0 Å². The minimum Gasteiger partial charge on any atom is -0.381 e. The van der Waals surface area contributed by atoms with E-state index in [9.17, 15) is 0 Å². The molecule has 0 unspecified atom stereocenters. The molecule has 1 aliphatic rings. The number of benzene rings is 1. The summed E-state index contributed by atoms with van der Waals surface area (Å²) in [6.45, 7) is 2.01. The average molecular weight is 253 g/mol. The second kappa shape index (κ2) is 5.31. The zero-order valence-corrected chi connectivity index (χ0v) is 11.3. The van der Waals surface area contributed by atoms with Crippen molar-refractivity contribution in [1.29, 1.82) is 0 Å². The van der Waals surface area contributed by atoms with Crippen LogP contribution in [-0.2, 0) is 13.0 Å². The van der Waals surface area contributed by atoms with E-state index >= 15 is 0 Å². The van der Waals surface area contributed by atoms with Crippen LogP contribution in [0.1, 0.15) is 17.5 Å². The van der Waals surface area contributed by atoms with E-state index in [0.717, 1.165) is 13.1 Å². The zero-order chi connectivity index (χ0) is 13.1. The number of anilines is 2. The molecule has 2 heterocycles. The number of nitrogens with one attached hydrogen (secondary N) is 1. The Morgan fingerprint density at radius 2 is 2.05 bits per heavy atom. The number of hydrogen-bond donors (Lipinski definition) is 1. The summed E-state index contributed by atoms with van der Waals surface area (Å²) >= 11 is 0. The standard InChI is InChI=1S/C16H19N3/c1-19-10-2-3-14-11-15(4-5-16(14)19)18-12-13-6-8-17-9-7-13/h4-9,11,18H,2-3,10,12H2,1H3. The average Bonchev–Trinajstić information content (AvgIpc) is 2.46. The molecular formula is C16H19N3. The Morgan fingerprint density at radius 1 is 1.21 bits per heavy atom. The summed E-state index contributed by atoms with van der Waals surface area (Å²) in [5, 5.41) is 3.48. The lowest BCUT2D eigenvalue weighted by Gasteiger charge is -2.28. The Labute approximate surface area is 114 Å². The molecule has 2 aromatic rings. The number of nitrogens with zero attached hydrogens (tertiary/aromatic N) is 2. The number of aryl methyl sites for hydroxylation is 1. The quantitative estimate of drug-likeness (QED) is 0.911. The highest BCUT2D eigenvalue weighted by Gasteiger charge is 2.13. The molecule has 0 saturated carbocycles. The predicted octanol–water partition coefficient (Wildman–Crippen LogP) is 3.08. The van der Waals surface area contributed by atoms with Crippen molar-refractivity contribution < 1.29 is 0 Å². The molecule has 0 spiro atoms. The SMILES string of the molecule is CN1CCCc2cc(NCc3ccncc3)ccc21. The fourth-order valence-corrected chi connectivity index (χ4v) is 2.60. The molecule has 3 heteroatoms. The molecule has 1 aromatic heterocycles. The van der Waals surface area contributed by atoms with E-state index < -0.39 is 0 Å². The van der Waals surface area contributed by atoms with Crippen LogP contribution in [0, 0.1) is 0 Å². The second-order valence-electron chi connectivity index (χ2n) is 5.08. The third-order valence-corrected chi connectivity index (χ3v) is 3.68. The predicted molar refractivity (Wildman–Crippen MR) is 79.6 cm³/mol. The number of pyridine rings is 1. The van der Waals surface area contributed by atoms with Gasteiger partial charge in [-0.15, -0.1) is 0 Å². The van der Waals surface area contributed by atoms with Crippen molar-refractivity contribution in [3.05, 3.63) is 53.9 Å². The van der Waals surface area contributed by atoms with Crippen LogP contribution in [0.15, 0.2) is 42.7 Å². The molecule has 1 aromatic carbocycles. The van der Waals surface area contributed by atoms with Crippen molar-refractivity contribution in [2.75, 3.05) is 23.8 Å². The summed E-state index contributed by atoms with van der Waals surface area (Å²) in [7, 11) is 2.17. The fraction of sp³-hybridized carbons (Fsp3) is 0.312. The Kier molecular flexibility index (Phi) is 3.36. The highest BCUT2D eigenvalue weighted by atomic mass is 15.1. The minimum absolute atomic E-state index is 0.844. The lowest BCUT2D eigenvalue weighted by atomic mass is 10.0. The molecular weight excluding hydrogens is 234 g/mol. The number of fused-ring (bicyclic) bond motifs is 1. The van der Waals surface area contributed by atoms with Crippen LogP contribution in [0.3, 0.4) is 0 Å². The third-order valence-electron chi connectivity index (χ3n) is 3.68. The molecule has 0 bridgehead atoms. The van der Waals surface area contributed by atoms with Gasteiger partial charge >= 0.3 is 0 Å². The van der Waals surface area contributed by atoms with Gasteiger partial charge in [0.05, 0.1) is 0 Å². The molecule has 0 radical (unpaired) electrons. The van der Waals surface area contributed by atoms with Gasteiger partial charge in [0.25, 0.3) is 0 Å². The van der Waals surface area contributed by atoms with Gasteiger partial charge in [0.15, 0.2) is 0 Å². The van der Waals surface area contributed by atoms with Gasteiger partial charge in [-0.1, -0.05) is 0 Å². The normalized spacial score (nSPS) is 14.1. The first kappa shape index (κ1) is 12.0. The van der Waals surface area contributed by atoms with E-state index in [2.05, 4.69) is 40.4 Å². The summed E-state index contributed by atoms with van der Waals surface area (Å²) < 4.78 is 0. The van der Waals surface area contributed by atoms with E-state index in [-0.39, 0.29) is 0 Å². The molecule has 98 valence electrons. The topological polar surface area (TPSA) is 28.2 Å². The Balaban J connectivity index is 1.72. The van der Waals surface area contributed by atoms with Gasteiger partial charge < -0.3 is 10.2 Å². The summed E-state index contributed by atoms with van der Waals surface area (Å²) in [4.78, 5) is 6.37. The molecule has 1 aliphatic heterocycles. The van der Waals surface area contributed by atoms with Crippen molar-refractivity contribution in [3.8, 4) is 0 Å². The van der Waals surface area contributed by atoms with E-state index in [1.807, 2.05) is 24.5 Å². The lowest BCUT2D eigenvalue weighted by molar-refractivity contribution is 0.744. The molecule has 0 fully saturated rings. The first-order valence-electron chi connectivity index (χ1n) is 6.80. The maximum atomic E-state index is 4.03. The van der Waals surface area contributed by atoms with Gasteiger partial charge in [-0.2, -0.15) is 0 Å². The highest BCUT2D eigenvalue weighted by Crippen LogP contribution is 2.28. The zero-order valence-electron chi connectivity index (χ0n) is 11.3. The minimum atomic E-state index is 0.844. The third kappa shape index (κ3) is 2.70. The van der Waals surface area contributed by atoms with Crippen molar-refractivity contribution in [2.24, 2.45) is 0 Å². The molecule has 0 atom stereocenters. The monoisotopic (exact) mass is 253 g/mol. The fourth-order valence-electron chi connectivity index (χ4n) is 2.60. The summed E-state index contributed by atoms with van der Waals surface area (Å²) in [5.41, 5.74) is 5.28. The highest BCUT2D eigenvalue weighted by molar-refractivity contribution is 5.62. The van der Waals surface area contributed by atoms with E-state index in [4.69, 9.17) is 0 Å². The molecule has 0 saturated heterocycles. The van der Waals surface area contributed by atoms with E-state index in [0.29, 0.717) is 0 Å². The van der Waals surface area contributed by atoms with Crippen molar-refractivity contribution in [2.45, 2.75) is 19.4 Å². The number of rotatable bonds is 3. The van der Waals surface area contributed by atoms with E-state index in [1.54, 1.807) is 0 Å². The Hall–Kier alpha value is -2.03. The maximum absolute atomic E-state index is 4.03. The van der Waals surface area contributed by atoms with Crippen molar-refractivity contribution in [3.63, 3.8) is 0 Å². The summed E-state index contributed by atoms with van der Waals surface area (Å²) in [6, 6.07) is 10.8. The second-order valence-corrected chi connectivity index (χ2v) is 5.08. The smallest absolute Gasteiger partial charge is 0.0401 e. The molecule has 19 heavy (non-hydrogen) atoms. The number of hydrogen-bond acceptors (Lipinski definition) is 3. The Morgan fingerprint density at radius 3 is 2.89 bits per heavy atom. The van der Waals surface area contributed by atoms with Crippen LogP contribution in [0.5, 0.6) is 0 Å². The summed E-state index contributed by atoms with van der Waals surface area (Å²) in [6.07, 6.45) is 6.10. The largest absolute Gasteiger partial charge is 0.381 e. The Bertz CT molecular complexity index is 551. The maximum Gasteiger partial charge on any atom is 0.0401 e. The summed E-state index contributed by atoms with van der Waals surface area (Å²) in [5.74, 6) is 0. The van der Waals surface area contributed by atoms with Crippen LogP contribution in [0.2, 0.25) is 0 Å². The number of aromatic nitrogens is 1. The van der Waals surface area contributed by atoms with Crippen LogP contribution in [0.4, 0.5) is 11.4 Å². The van der Waals surface area contributed by atoms with Gasteiger partial charge in [0.1, 0.15) is 0 Å². The van der Waals surface area contributed by atoms with Gasteiger partial charge in [-0.05, 0) is 54.3 Å².